The van der Waals surface area contributed by atoms with E-state index in [-0.39, 0.29) is 6.42 Å². The molecule has 0 bridgehead atoms. The number of carboxylic acids is 1. The number of benzene rings is 1. The second-order valence-electron chi connectivity index (χ2n) is 5.67. The first-order chi connectivity index (χ1) is 10.2. The summed E-state index contributed by atoms with van der Waals surface area (Å²) >= 11 is 0. The van der Waals surface area contributed by atoms with Crippen molar-refractivity contribution in [2.24, 2.45) is 0 Å². The fraction of sp³-hybridized carbons (Fsp3) is 0.611. The Kier molecular flexibility index (Phi) is 9.34. The van der Waals surface area contributed by atoms with Crippen LogP contribution in [0.5, 0.6) is 0 Å². The summed E-state index contributed by atoms with van der Waals surface area (Å²) < 4.78 is 0. The molecule has 0 spiro atoms. The van der Waals surface area contributed by atoms with Crippen LogP contribution in [0.4, 0.5) is 5.69 Å². The van der Waals surface area contributed by atoms with Crippen molar-refractivity contribution in [2.45, 2.75) is 64.7 Å². The zero-order valence-electron chi connectivity index (χ0n) is 13.2. The topological polar surface area (TPSA) is 49.3 Å². The average molecular weight is 291 g/mol. The monoisotopic (exact) mass is 291 g/mol. The second kappa shape index (κ2) is 11.2. The summed E-state index contributed by atoms with van der Waals surface area (Å²) in [7, 11) is 0. The average Bonchev–Trinajstić information content (AvgIpc) is 2.47. The molecule has 0 aromatic heterocycles. The van der Waals surface area contributed by atoms with Crippen LogP contribution in [0.3, 0.4) is 0 Å². The number of nitrogens with one attached hydrogen (secondary N) is 1. The normalized spacial score (nSPS) is 10.5. The van der Waals surface area contributed by atoms with Gasteiger partial charge in [-0.05, 0) is 24.1 Å². The molecular weight excluding hydrogens is 262 g/mol. The van der Waals surface area contributed by atoms with Gasteiger partial charge in [0.15, 0.2) is 0 Å². The standard InChI is InChI=1S/C18H29NO2/c1-2-3-4-5-6-7-8-9-14-19-17-12-10-16(11-13-17)15-18(20)21/h10-13,19H,2-9,14-15H2,1H3,(H,20,21). The molecule has 1 aromatic rings. The number of hydrogen-bond acceptors (Lipinski definition) is 2. The van der Waals surface area contributed by atoms with Gasteiger partial charge in [0.05, 0.1) is 6.42 Å². The van der Waals surface area contributed by atoms with Gasteiger partial charge < -0.3 is 10.4 Å². The zero-order chi connectivity index (χ0) is 15.3. The van der Waals surface area contributed by atoms with Crippen molar-refractivity contribution in [1.82, 2.24) is 0 Å². The SMILES string of the molecule is CCCCCCCCCCNc1ccc(CC(=O)O)cc1. The molecule has 21 heavy (non-hydrogen) atoms. The maximum atomic E-state index is 10.6. The van der Waals surface area contributed by atoms with E-state index >= 15 is 0 Å². The van der Waals surface area contributed by atoms with Crippen molar-refractivity contribution in [3.05, 3.63) is 29.8 Å². The van der Waals surface area contributed by atoms with Crippen LogP contribution in [0.15, 0.2) is 24.3 Å². The van der Waals surface area contributed by atoms with Crippen molar-refractivity contribution in [1.29, 1.82) is 0 Å². The van der Waals surface area contributed by atoms with E-state index in [9.17, 15) is 4.79 Å². The highest BCUT2D eigenvalue weighted by atomic mass is 16.4. The summed E-state index contributed by atoms with van der Waals surface area (Å²) in [6.45, 7) is 3.24. The summed E-state index contributed by atoms with van der Waals surface area (Å²) in [5.41, 5.74) is 1.92. The van der Waals surface area contributed by atoms with Crippen LogP contribution in [-0.2, 0) is 11.2 Å². The third-order valence-electron chi connectivity index (χ3n) is 3.67. The number of unbranched alkanes of at least 4 members (excludes halogenated alkanes) is 7. The van der Waals surface area contributed by atoms with Crippen LogP contribution in [0.25, 0.3) is 0 Å². The summed E-state index contributed by atoms with van der Waals surface area (Å²) in [5.74, 6) is -0.783. The molecule has 2 N–H and O–H groups in total. The molecule has 0 amide bonds. The van der Waals surface area contributed by atoms with E-state index in [1.54, 1.807) is 0 Å². The summed E-state index contributed by atoms with van der Waals surface area (Å²) in [6, 6.07) is 7.68. The molecule has 0 saturated heterocycles. The van der Waals surface area contributed by atoms with Gasteiger partial charge >= 0.3 is 5.97 Å². The molecule has 118 valence electrons. The Morgan fingerprint density at radius 1 is 0.952 bits per heavy atom. The minimum atomic E-state index is -0.783. The van der Waals surface area contributed by atoms with Gasteiger partial charge in [-0.3, -0.25) is 4.79 Å². The van der Waals surface area contributed by atoms with Gasteiger partial charge in [0.2, 0.25) is 0 Å². The lowest BCUT2D eigenvalue weighted by Crippen LogP contribution is -2.03. The molecule has 0 aliphatic carbocycles. The first-order valence-corrected chi connectivity index (χ1v) is 8.27. The molecule has 0 unspecified atom stereocenters. The maximum absolute atomic E-state index is 10.6. The molecule has 1 rings (SSSR count). The van der Waals surface area contributed by atoms with Crippen LogP contribution in [0, 0.1) is 0 Å². The van der Waals surface area contributed by atoms with Crippen molar-refractivity contribution in [3.8, 4) is 0 Å². The Balaban J connectivity index is 2.03. The second-order valence-corrected chi connectivity index (χ2v) is 5.67. The van der Waals surface area contributed by atoms with E-state index in [1.165, 1.54) is 51.4 Å². The minimum absolute atomic E-state index is 0.0955. The molecule has 0 atom stereocenters. The van der Waals surface area contributed by atoms with E-state index in [2.05, 4.69) is 12.2 Å². The first-order valence-electron chi connectivity index (χ1n) is 8.27. The Morgan fingerprint density at radius 3 is 2.10 bits per heavy atom. The Labute approximate surface area is 128 Å². The third-order valence-corrected chi connectivity index (χ3v) is 3.67. The summed E-state index contributed by atoms with van der Waals surface area (Å²) in [5, 5.41) is 12.1. The number of aliphatic carboxylic acids is 1. The van der Waals surface area contributed by atoms with E-state index in [0.717, 1.165) is 17.8 Å². The molecule has 0 aliphatic heterocycles. The number of carboxylic acid groups (broad SMARTS) is 1. The van der Waals surface area contributed by atoms with Crippen LogP contribution in [-0.4, -0.2) is 17.6 Å². The molecule has 0 heterocycles. The number of anilines is 1. The lowest BCUT2D eigenvalue weighted by atomic mass is 10.1. The summed E-state index contributed by atoms with van der Waals surface area (Å²) in [6.07, 6.45) is 10.7. The number of carbonyl (C=O) groups is 1. The molecule has 3 nitrogen and oxygen atoms in total. The van der Waals surface area contributed by atoms with Crippen LogP contribution < -0.4 is 5.32 Å². The van der Waals surface area contributed by atoms with Gasteiger partial charge in [0.25, 0.3) is 0 Å². The minimum Gasteiger partial charge on any atom is -0.481 e. The van der Waals surface area contributed by atoms with Gasteiger partial charge in [0, 0.05) is 12.2 Å². The highest BCUT2D eigenvalue weighted by Gasteiger charge is 2.00. The van der Waals surface area contributed by atoms with Crippen molar-refractivity contribution >= 4 is 11.7 Å². The number of rotatable bonds is 12. The van der Waals surface area contributed by atoms with Gasteiger partial charge in [-0.25, -0.2) is 0 Å². The highest BCUT2D eigenvalue weighted by Crippen LogP contribution is 2.11. The zero-order valence-corrected chi connectivity index (χ0v) is 13.2. The molecule has 3 heteroatoms. The van der Waals surface area contributed by atoms with Crippen molar-refractivity contribution < 1.29 is 9.90 Å². The highest BCUT2D eigenvalue weighted by molar-refractivity contribution is 5.70. The largest absolute Gasteiger partial charge is 0.481 e. The Morgan fingerprint density at radius 2 is 1.52 bits per heavy atom. The molecule has 0 aliphatic rings. The lowest BCUT2D eigenvalue weighted by Gasteiger charge is -2.07. The summed E-state index contributed by atoms with van der Waals surface area (Å²) in [4.78, 5) is 10.6. The smallest absolute Gasteiger partial charge is 0.307 e. The molecular formula is C18H29NO2. The lowest BCUT2D eigenvalue weighted by molar-refractivity contribution is -0.136. The maximum Gasteiger partial charge on any atom is 0.307 e. The quantitative estimate of drug-likeness (QED) is 0.540. The molecule has 0 radical (unpaired) electrons. The molecule has 0 saturated carbocycles. The van der Waals surface area contributed by atoms with Crippen molar-refractivity contribution in [2.75, 3.05) is 11.9 Å². The van der Waals surface area contributed by atoms with Crippen LogP contribution in [0.1, 0.15) is 63.9 Å². The fourth-order valence-electron chi connectivity index (χ4n) is 2.41. The predicted molar refractivity (Wildman–Crippen MR) is 88.9 cm³/mol. The number of hydrogen-bond donors (Lipinski definition) is 2. The Bertz CT molecular complexity index is 387. The van der Waals surface area contributed by atoms with Crippen molar-refractivity contribution in [3.63, 3.8) is 0 Å². The first kappa shape index (κ1) is 17.5. The van der Waals surface area contributed by atoms with E-state index < -0.39 is 5.97 Å². The Hall–Kier alpha value is -1.51. The van der Waals surface area contributed by atoms with Gasteiger partial charge in [-0.15, -0.1) is 0 Å². The van der Waals surface area contributed by atoms with Gasteiger partial charge in [-0.2, -0.15) is 0 Å². The van der Waals surface area contributed by atoms with Crippen LogP contribution in [0.2, 0.25) is 0 Å². The van der Waals surface area contributed by atoms with Crippen LogP contribution >= 0.6 is 0 Å². The fourth-order valence-corrected chi connectivity index (χ4v) is 2.41. The third kappa shape index (κ3) is 9.11. The molecule has 0 fully saturated rings. The van der Waals surface area contributed by atoms with Gasteiger partial charge in [-0.1, -0.05) is 64.0 Å². The van der Waals surface area contributed by atoms with Gasteiger partial charge in [0.1, 0.15) is 0 Å². The van der Waals surface area contributed by atoms with E-state index in [1.807, 2.05) is 24.3 Å². The van der Waals surface area contributed by atoms with E-state index in [4.69, 9.17) is 5.11 Å². The van der Waals surface area contributed by atoms with E-state index in [0.29, 0.717) is 0 Å². The predicted octanol–water partition coefficient (Wildman–Crippen LogP) is 4.87. The molecule has 1 aromatic carbocycles.